The molecule has 0 radical (unpaired) electrons. The maximum atomic E-state index is 10.9. The number of urea groups is 1. The van der Waals surface area contributed by atoms with Crippen LogP contribution in [-0.4, -0.2) is 24.1 Å². The molecule has 1 aliphatic carbocycles. The summed E-state index contributed by atoms with van der Waals surface area (Å²) in [6.07, 6.45) is 0.913. The Kier molecular flexibility index (Phi) is 3.71. The van der Waals surface area contributed by atoms with Gasteiger partial charge >= 0.3 is 6.03 Å². The van der Waals surface area contributed by atoms with E-state index in [0.717, 1.165) is 12.0 Å². The van der Waals surface area contributed by atoms with Gasteiger partial charge in [0.05, 0.1) is 12.1 Å². The molecule has 3 rings (SSSR count). The van der Waals surface area contributed by atoms with Gasteiger partial charge in [0.2, 0.25) is 0 Å². The summed E-state index contributed by atoms with van der Waals surface area (Å²) in [5, 5.41) is 7.01. The molecule has 4 N–H and O–H groups in total. The Balaban J connectivity index is 1.80. The molecule has 0 saturated heterocycles. The number of hydrogen-bond donors (Lipinski definition) is 3. The molecule has 0 aromatic heterocycles. The second-order valence-electron chi connectivity index (χ2n) is 5.61. The number of halogens is 2. The molecule has 5 nitrogen and oxygen atoms in total. The molecular weight excluding hydrogens is 311 g/mol. The Morgan fingerprint density at radius 3 is 2.62 bits per heavy atom. The van der Waals surface area contributed by atoms with Gasteiger partial charge in [0.25, 0.3) is 0 Å². The molecule has 1 saturated carbocycles. The third-order valence-electron chi connectivity index (χ3n) is 4.25. The highest BCUT2D eigenvalue weighted by Gasteiger charge is 2.45. The van der Waals surface area contributed by atoms with Crippen molar-refractivity contribution in [1.82, 2.24) is 10.6 Å². The van der Waals surface area contributed by atoms with Gasteiger partial charge in [-0.1, -0.05) is 30.1 Å². The Labute approximate surface area is 132 Å². The highest BCUT2D eigenvalue weighted by atomic mass is 35.5. The van der Waals surface area contributed by atoms with Gasteiger partial charge < -0.3 is 11.1 Å². The third-order valence-corrected chi connectivity index (χ3v) is 4.68. The van der Waals surface area contributed by atoms with Gasteiger partial charge in [-0.3, -0.25) is 5.32 Å². The van der Waals surface area contributed by atoms with Crippen molar-refractivity contribution in [2.75, 3.05) is 0 Å². The Morgan fingerprint density at radius 2 is 2.05 bits per heavy atom. The van der Waals surface area contributed by atoms with E-state index in [1.165, 1.54) is 0 Å². The van der Waals surface area contributed by atoms with Crippen LogP contribution in [0.3, 0.4) is 0 Å². The van der Waals surface area contributed by atoms with Crippen LogP contribution in [0.2, 0.25) is 10.0 Å². The van der Waals surface area contributed by atoms with Crippen molar-refractivity contribution < 1.29 is 4.79 Å². The van der Waals surface area contributed by atoms with Crippen molar-refractivity contribution in [1.29, 1.82) is 0 Å². The summed E-state index contributed by atoms with van der Waals surface area (Å²) in [6, 6.07) is 5.37. The number of nitrogens with one attached hydrogen (secondary N) is 2. The van der Waals surface area contributed by atoms with Crippen LogP contribution in [0.25, 0.3) is 0 Å². The summed E-state index contributed by atoms with van der Waals surface area (Å²) in [6.45, 7) is 2.16. The van der Waals surface area contributed by atoms with Crippen molar-refractivity contribution >= 4 is 35.2 Å². The molecule has 7 heteroatoms. The van der Waals surface area contributed by atoms with Crippen molar-refractivity contribution in [2.45, 2.75) is 31.3 Å². The zero-order valence-electron chi connectivity index (χ0n) is 11.4. The zero-order valence-corrected chi connectivity index (χ0v) is 12.9. The second-order valence-corrected chi connectivity index (χ2v) is 6.49. The van der Waals surface area contributed by atoms with Gasteiger partial charge in [-0.25, -0.2) is 9.79 Å². The number of primary amides is 1. The van der Waals surface area contributed by atoms with E-state index in [1.54, 1.807) is 6.07 Å². The normalized spacial score (nSPS) is 30.5. The number of aliphatic imine (C=N–C) groups is 1. The fourth-order valence-electron chi connectivity index (χ4n) is 3.36. The van der Waals surface area contributed by atoms with Crippen LogP contribution in [0.1, 0.15) is 24.8 Å². The average Bonchev–Trinajstić information content (AvgIpc) is 2.87. The van der Waals surface area contributed by atoms with Gasteiger partial charge in [-0.2, -0.15) is 0 Å². The van der Waals surface area contributed by atoms with Crippen molar-refractivity contribution in [3.63, 3.8) is 0 Å². The van der Waals surface area contributed by atoms with Crippen molar-refractivity contribution in [2.24, 2.45) is 16.6 Å². The molecule has 1 heterocycles. The van der Waals surface area contributed by atoms with E-state index in [0.29, 0.717) is 27.8 Å². The molecule has 0 bridgehead atoms. The van der Waals surface area contributed by atoms with Gasteiger partial charge in [0.15, 0.2) is 5.96 Å². The number of amides is 2. The first kappa shape index (κ1) is 14.5. The number of nitrogens with zero attached hydrogens (tertiary/aromatic N) is 1. The van der Waals surface area contributed by atoms with E-state index in [4.69, 9.17) is 28.9 Å². The maximum Gasteiger partial charge on any atom is 0.318 e. The van der Waals surface area contributed by atoms with Crippen LogP contribution < -0.4 is 16.4 Å². The standard InChI is InChI=1S/C14H16Cl2N4O/c1-6-10(7-2-8(15)4-9(16)3-7)5-11-12(6)19-14(18-11)20-13(17)21/h2-4,6,10-12H,5H2,1H3,(H4,17,18,19,20,21)/t6-,10-,11?,12?/m0/s1. The first-order valence-corrected chi connectivity index (χ1v) is 7.56. The highest BCUT2D eigenvalue weighted by molar-refractivity contribution is 6.34. The van der Waals surface area contributed by atoms with Crippen LogP contribution in [0, 0.1) is 5.92 Å². The number of nitrogens with two attached hydrogens (primary N) is 1. The quantitative estimate of drug-likeness (QED) is 0.741. The minimum Gasteiger partial charge on any atom is -0.351 e. The maximum absolute atomic E-state index is 10.9. The van der Waals surface area contributed by atoms with Crippen LogP contribution in [0.4, 0.5) is 4.79 Å². The minimum absolute atomic E-state index is 0.120. The molecule has 2 aliphatic rings. The summed E-state index contributed by atoms with van der Waals surface area (Å²) >= 11 is 12.2. The Morgan fingerprint density at radius 1 is 1.38 bits per heavy atom. The predicted molar refractivity (Wildman–Crippen MR) is 83.8 cm³/mol. The number of fused-ring (bicyclic) bond motifs is 1. The second kappa shape index (κ2) is 5.39. The first-order chi connectivity index (χ1) is 9.94. The van der Waals surface area contributed by atoms with Gasteiger partial charge in [-0.05, 0) is 42.0 Å². The molecule has 0 spiro atoms. The molecular formula is C14H16Cl2N4O. The summed E-state index contributed by atoms with van der Waals surface area (Å²) in [7, 11) is 0. The summed E-state index contributed by atoms with van der Waals surface area (Å²) in [5.41, 5.74) is 6.24. The monoisotopic (exact) mass is 326 g/mol. The molecule has 4 atom stereocenters. The number of rotatable bonds is 1. The number of benzene rings is 1. The Hall–Kier alpha value is -1.46. The van der Waals surface area contributed by atoms with Gasteiger partial charge in [0, 0.05) is 10.0 Å². The smallest absolute Gasteiger partial charge is 0.318 e. The number of carbonyl (C=O) groups is 1. The third kappa shape index (κ3) is 2.80. The van der Waals surface area contributed by atoms with Gasteiger partial charge in [0.1, 0.15) is 0 Å². The van der Waals surface area contributed by atoms with E-state index >= 15 is 0 Å². The Bertz CT molecular complexity index is 599. The summed E-state index contributed by atoms with van der Waals surface area (Å²) in [5.74, 6) is 1.12. The number of hydrogen-bond acceptors (Lipinski definition) is 3. The minimum atomic E-state index is -0.605. The molecule has 112 valence electrons. The van der Waals surface area contributed by atoms with Crippen LogP contribution in [0.5, 0.6) is 0 Å². The van der Waals surface area contributed by atoms with Crippen molar-refractivity contribution in [3.05, 3.63) is 33.8 Å². The molecule has 1 fully saturated rings. The highest BCUT2D eigenvalue weighted by Crippen LogP contribution is 2.43. The average molecular weight is 327 g/mol. The van der Waals surface area contributed by atoms with E-state index in [9.17, 15) is 4.79 Å². The molecule has 1 aromatic carbocycles. The van der Waals surface area contributed by atoms with E-state index in [-0.39, 0.29) is 12.1 Å². The fraction of sp³-hybridized carbons (Fsp3) is 0.429. The topological polar surface area (TPSA) is 79.5 Å². The first-order valence-electron chi connectivity index (χ1n) is 6.81. The fourth-order valence-corrected chi connectivity index (χ4v) is 3.90. The molecule has 1 aliphatic heterocycles. The predicted octanol–water partition coefficient (Wildman–Crippen LogP) is 2.48. The SMILES string of the molecule is C[C@@H]1C2N=C(NC(N)=O)NC2C[C@@H]1c1cc(Cl)cc(Cl)c1. The largest absolute Gasteiger partial charge is 0.351 e. The van der Waals surface area contributed by atoms with Gasteiger partial charge in [-0.15, -0.1) is 0 Å². The lowest BCUT2D eigenvalue weighted by molar-refractivity contribution is 0.253. The molecule has 21 heavy (non-hydrogen) atoms. The van der Waals surface area contributed by atoms with E-state index in [2.05, 4.69) is 22.5 Å². The lowest BCUT2D eigenvalue weighted by Crippen LogP contribution is -2.44. The number of carbonyl (C=O) groups excluding carboxylic acids is 1. The molecule has 1 aromatic rings. The number of guanidine groups is 1. The van der Waals surface area contributed by atoms with Crippen LogP contribution in [0.15, 0.2) is 23.2 Å². The van der Waals surface area contributed by atoms with Crippen LogP contribution in [-0.2, 0) is 0 Å². The summed E-state index contributed by atoms with van der Waals surface area (Å²) in [4.78, 5) is 15.4. The van der Waals surface area contributed by atoms with Crippen molar-refractivity contribution in [3.8, 4) is 0 Å². The van der Waals surface area contributed by atoms with Crippen LogP contribution >= 0.6 is 23.2 Å². The zero-order chi connectivity index (χ0) is 15.1. The lowest BCUT2D eigenvalue weighted by atomic mass is 9.89. The summed E-state index contributed by atoms with van der Waals surface area (Å²) < 4.78 is 0. The van der Waals surface area contributed by atoms with E-state index < -0.39 is 6.03 Å². The van der Waals surface area contributed by atoms with E-state index in [1.807, 2.05) is 12.1 Å². The lowest BCUT2D eigenvalue weighted by Gasteiger charge is -2.18. The molecule has 2 amide bonds. The molecule has 2 unspecified atom stereocenters.